The van der Waals surface area contributed by atoms with Gasteiger partial charge in [-0.05, 0) is 24.9 Å². The second kappa shape index (κ2) is 4.92. The van der Waals surface area contributed by atoms with E-state index in [1.807, 2.05) is 0 Å². The molecule has 80 valence electrons. The highest BCUT2D eigenvalue weighted by Crippen LogP contribution is 2.27. The summed E-state index contributed by atoms with van der Waals surface area (Å²) in [7, 11) is 0. The van der Waals surface area contributed by atoms with Gasteiger partial charge < -0.3 is 5.32 Å². The number of nitrogens with one attached hydrogen (secondary N) is 1. The summed E-state index contributed by atoms with van der Waals surface area (Å²) in [6.45, 7) is 2.13. The minimum atomic E-state index is 0.517. The Kier molecular flexibility index (Phi) is 3.57. The van der Waals surface area contributed by atoms with Gasteiger partial charge in [0.2, 0.25) is 0 Å². The predicted molar refractivity (Wildman–Crippen MR) is 57.2 cm³/mol. The van der Waals surface area contributed by atoms with Crippen LogP contribution in [0.4, 0.5) is 0 Å². The quantitative estimate of drug-likeness (QED) is 0.744. The molecule has 0 atom stereocenters. The molecule has 0 radical (unpaired) electrons. The van der Waals surface area contributed by atoms with E-state index in [2.05, 4.69) is 5.32 Å². The lowest BCUT2D eigenvalue weighted by Crippen LogP contribution is -2.43. The van der Waals surface area contributed by atoms with Crippen LogP contribution in [0.3, 0.4) is 0 Å². The van der Waals surface area contributed by atoms with E-state index < -0.39 is 0 Å². The van der Waals surface area contributed by atoms with Crippen LogP contribution in [-0.2, 0) is 4.79 Å². The fraction of sp³-hybridized carbons (Fsp3) is 0.917. The van der Waals surface area contributed by atoms with Crippen molar-refractivity contribution < 1.29 is 4.79 Å². The lowest BCUT2D eigenvalue weighted by Gasteiger charge is -2.27. The van der Waals surface area contributed by atoms with Crippen LogP contribution in [-0.4, -0.2) is 18.9 Å². The molecule has 1 saturated heterocycles. The van der Waals surface area contributed by atoms with E-state index in [0.717, 1.165) is 31.8 Å². The molecule has 0 amide bonds. The third-order valence-corrected chi connectivity index (χ3v) is 3.62. The van der Waals surface area contributed by atoms with Gasteiger partial charge in [0, 0.05) is 12.8 Å². The van der Waals surface area contributed by atoms with E-state index in [1.165, 1.54) is 32.1 Å². The Hall–Kier alpha value is -0.370. The smallest absolute Gasteiger partial charge is 0.133 e. The summed E-state index contributed by atoms with van der Waals surface area (Å²) in [5, 5.41) is 3.22. The number of Topliss-reactive ketones (excluding diaryl/α,β-unsaturated/α-hetero) is 1. The van der Waals surface area contributed by atoms with Gasteiger partial charge in [-0.15, -0.1) is 0 Å². The van der Waals surface area contributed by atoms with Gasteiger partial charge in [-0.2, -0.15) is 0 Å². The Morgan fingerprint density at radius 1 is 1.00 bits per heavy atom. The minimum absolute atomic E-state index is 0.517. The molecule has 2 fully saturated rings. The third kappa shape index (κ3) is 2.81. The topological polar surface area (TPSA) is 29.1 Å². The zero-order chi connectivity index (χ0) is 9.80. The first-order chi connectivity index (χ1) is 6.84. The van der Waals surface area contributed by atoms with Crippen molar-refractivity contribution in [2.24, 2.45) is 11.8 Å². The monoisotopic (exact) mass is 195 g/mol. The number of ketones is 1. The van der Waals surface area contributed by atoms with Crippen molar-refractivity contribution in [3.05, 3.63) is 0 Å². The van der Waals surface area contributed by atoms with Crippen LogP contribution in [0, 0.1) is 11.8 Å². The second-order valence-electron chi connectivity index (χ2n) is 4.98. The van der Waals surface area contributed by atoms with Gasteiger partial charge in [0.05, 0.1) is 0 Å². The molecule has 1 N–H and O–H groups in total. The van der Waals surface area contributed by atoms with Crippen LogP contribution in [0.5, 0.6) is 0 Å². The molecule has 0 aromatic rings. The Labute approximate surface area is 86.5 Å². The van der Waals surface area contributed by atoms with Crippen molar-refractivity contribution in [2.75, 3.05) is 13.1 Å². The zero-order valence-electron chi connectivity index (χ0n) is 8.93. The van der Waals surface area contributed by atoms with Crippen LogP contribution in [0.25, 0.3) is 0 Å². The number of carbonyl (C=O) groups excluding carboxylic acids is 1. The molecular formula is C12H21NO. The predicted octanol–water partition coefficient (Wildman–Crippen LogP) is 2.14. The van der Waals surface area contributed by atoms with E-state index >= 15 is 0 Å². The molecule has 0 aromatic heterocycles. The Morgan fingerprint density at radius 2 is 1.64 bits per heavy atom. The highest BCUT2D eigenvalue weighted by Gasteiger charge is 2.22. The van der Waals surface area contributed by atoms with Crippen LogP contribution in [0.1, 0.15) is 44.9 Å². The van der Waals surface area contributed by atoms with Gasteiger partial charge in [-0.3, -0.25) is 4.79 Å². The van der Waals surface area contributed by atoms with Crippen molar-refractivity contribution in [1.29, 1.82) is 0 Å². The van der Waals surface area contributed by atoms with Crippen molar-refractivity contribution in [2.45, 2.75) is 44.9 Å². The van der Waals surface area contributed by atoms with E-state index in [1.54, 1.807) is 0 Å². The molecule has 1 aliphatic carbocycles. The summed E-state index contributed by atoms with van der Waals surface area (Å²) in [5.74, 6) is 1.90. The summed E-state index contributed by atoms with van der Waals surface area (Å²) in [5.41, 5.74) is 0. The van der Waals surface area contributed by atoms with E-state index in [4.69, 9.17) is 0 Å². The lowest BCUT2D eigenvalue weighted by atomic mass is 9.84. The molecule has 1 saturated carbocycles. The number of rotatable bonds is 4. The first-order valence-electron chi connectivity index (χ1n) is 6.07. The maximum atomic E-state index is 11.7. The highest BCUT2D eigenvalue weighted by molar-refractivity contribution is 5.79. The van der Waals surface area contributed by atoms with Crippen LogP contribution in [0.2, 0.25) is 0 Å². The van der Waals surface area contributed by atoms with E-state index in [-0.39, 0.29) is 0 Å². The Morgan fingerprint density at radius 3 is 2.21 bits per heavy atom. The van der Waals surface area contributed by atoms with Gasteiger partial charge in [-0.1, -0.05) is 32.1 Å². The zero-order valence-corrected chi connectivity index (χ0v) is 8.93. The minimum Gasteiger partial charge on any atom is -0.316 e. The fourth-order valence-corrected chi connectivity index (χ4v) is 2.61. The van der Waals surface area contributed by atoms with Gasteiger partial charge in [-0.25, -0.2) is 0 Å². The molecule has 1 aliphatic heterocycles. The molecule has 0 unspecified atom stereocenters. The van der Waals surface area contributed by atoms with Crippen molar-refractivity contribution in [1.82, 2.24) is 5.32 Å². The molecule has 0 bridgehead atoms. The number of hydrogen-bond donors (Lipinski definition) is 1. The largest absolute Gasteiger partial charge is 0.316 e. The maximum absolute atomic E-state index is 11.7. The van der Waals surface area contributed by atoms with Gasteiger partial charge in [0.1, 0.15) is 5.78 Å². The normalized spacial score (nSPS) is 24.6. The SMILES string of the molecule is O=C(CC1CCCCC1)CC1CNC1. The first kappa shape index (κ1) is 10.2. The number of hydrogen-bond acceptors (Lipinski definition) is 2. The standard InChI is InChI=1S/C12H21NO/c14-12(7-11-8-13-9-11)6-10-4-2-1-3-5-10/h10-11,13H,1-9H2. The van der Waals surface area contributed by atoms with Crippen LogP contribution in [0.15, 0.2) is 0 Å². The third-order valence-electron chi connectivity index (χ3n) is 3.62. The summed E-state index contributed by atoms with van der Waals surface area (Å²) < 4.78 is 0. The average molecular weight is 195 g/mol. The molecule has 0 spiro atoms. The van der Waals surface area contributed by atoms with Crippen molar-refractivity contribution in [3.8, 4) is 0 Å². The Bertz CT molecular complexity index is 192. The van der Waals surface area contributed by atoms with E-state index in [9.17, 15) is 4.79 Å². The molecule has 0 aromatic carbocycles. The van der Waals surface area contributed by atoms with Gasteiger partial charge in [0.25, 0.3) is 0 Å². The second-order valence-corrected chi connectivity index (χ2v) is 4.98. The molecule has 2 heteroatoms. The molecule has 2 rings (SSSR count). The molecule has 1 heterocycles. The van der Waals surface area contributed by atoms with Crippen molar-refractivity contribution in [3.63, 3.8) is 0 Å². The highest BCUT2D eigenvalue weighted by atomic mass is 16.1. The first-order valence-corrected chi connectivity index (χ1v) is 6.07. The Balaban J connectivity index is 1.64. The maximum Gasteiger partial charge on any atom is 0.133 e. The fourth-order valence-electron chi connectivity index (χ4n) is 2.61. The van der Waals surface area contributed by atoms with E-state index in [0.29, 0.717) is 11.7 Å². The summed E-state index contributed by atoms with van der Waals surface area (Å²) >= 11 is 0. The molecular weight excluding hydrogens is 174 g/mol. The summed E-state index contributed by atoms with van der Waals surface area (Å²) in [4.78, 5) is 11.7. The summed E-state index contributed by atoms with van der Waals surface area (Å²) in [6, 6.07) is 0. The average Bonchev–Trinajstić information content (AvgIpc) is 2.13. The molecule has 2 nitrogen and oxygen atoms in total. The molecule has 2 aliphatic rings. The van der Waals surface area contributed by atoms with Crippen LogP contribution < -0.4 is 5.32 Å². The summed E-state index contributed by atoms with van der Waals surface area (Å²) in [6.07, 6.45) is 8.40. The number of carbonyl (C=O) groups is 1. The van der Waals surface area contributed by atoms with Crippen molar-refractivity contribution >= 4 is 5.78 Å². The molecule has 14 heavy (non-hydrogen) atoms. The van der Waals surface area contributed by atoms with Crippen LogP contribution >= 0.6 is 0 Å². The van der Waals surface area contributed by atoms with Gasteiger partial charge >= 0.3 is 0 Å². The van der Waals surface area contributed by atoms with Gasteiger partial charge in [0.15, 0.2) is 0 Å². The lowest BCUT2D eigenvalue weighted by molar-refractivity contribution is -0.121.